The Morgan fingerprint density at radius 1 is 1.41 bits per heavy atom. The number of hydrogen-bond donors (Lipinski definition) is 2. The number of aliphatic hydroxyl groups excluding tert-OH is 1. The maximum Gasteiger partial charge on any atom is 0.224 e. The summed E-state index contributed by atoms with van der Waals surface area (Å²) in [4.78, 5) is 13.5. The lowest BCUT2D eigenvalue weighted by atomic mass is 10.1. The fourth-order valence-electron chi connectivity index (χ4n) is 1.63. The number of nitrogens with zero attached hydrogens (tertiary/aromatic N) is 1. The van der Waals surface area contributed by atoms with Crippen molar-refractivity contribution in [3.63, 3.8) is 0 Å². The summed E-state index contributed by atoms with van der Waals surface area (Å²) in [6, 6.07) is 5.82. The van der Waals surface area contributed by atoms with Gasteiger partial charge in [-0.3, -0.25) is 4.79 Å². The largest absolute Gasteiger partial charge is 0.396 e. The SMILES string of the molecule is Cc1ccc(NC(=O)CCCO)cc1N(C)C. The van der Waals surface area contributed by atoms with Crippen molar-refractivity contribution in [3.8, 4) is 0 Å². The van der Waals surface area contributed by atoms with Gasteiger partial charge in [-0.05, 0) is 31.0 Å². The highest BCUT2D eigenvalue weighted by Crippen LogP contribution is 2.22. The number of aryl methyl sites for hydroxylation is 1. The number of rotatable bonds is 5. The van der Waals surface area contributed by atoms with Crippen molar-refractivity contribution >= 4 is 17.3 Å². The summed E-state index contributed by atoms with van der Waals surface area (Å²) in [5.41, 5.74) is 3.05. The first kappa shape index (κ1) is 13.5. The molecule has 0 saturated heterocycles. The van der Waals surface area contributed by atoms with Gasteiger partial charge in [0.2, 0.25) is 5.91 Å². The minimum atomic E-state index is -0.0624. The van der Waals surface area contributed by atoms with Crippen LogP contribution in [0.5, 0.6) is 0 Å². The van der Waals surface area contributed by atoms with Crippen molar-refractivity contribution < 1.29 is 9.90 Å². The molecule has 0 bridgehead atoms. The maximum absolute atomic E-state index is 11.5. The first-order chi connectivity index (χ1) is 8.04. The van der Waals surface area contributed by atoms with Gasteiger partial charge >= 0.3 is 0 Å². The van der Waals surface area contributed by atoms with E-state index in [2.05, 4.69) is 5.32 Å². The smallest absolute Gasteiger partial charge is 0.224 e. The standard InChI is InChI=1S/C13H20N2O2/c1-10-6-7-11(9-12(10)15(2)3)14-13(17)5-4-8-16/h6-7,9,16H,4-5,8H2,1-3H3,(H,14,17). The van der Waals surface area contributed by atoms with Crippen LogP contribution in [0.3, 0.4) is 0 Å². The van der Waals surface area contributed by atoms with E-state index in [-0.39, 0.29) is 12.5 Å². The summed E-state index contributed by atoms with van der Waals surface area (Å²) in [6.45, 7) is 2.08. The number of nitrogens with one attached hydrogen (secondary N) is 1. The summed E-state index contributed by atoms with van der Waals surface area (Å²) < 4.78 is 0. The van der Waals surface area contributed by atoms with Crippen LogP contribution >= 0.6 is 0 Å². The van der Waals surface area contributed by atoms with Gasteiger partial charge < -0.3 is 15.3 Å². The Labute approximate surface area is 102 Å². The topological polar surface area (TPSA) is 52.6 Å². The van der Waals surface area contributed by atoms with E-state index in [9.17, 15) is 4.79 Å². The zero-order valence-electron chi connectivity index (χ0n) is 10.7. The molecular weight excluding hydrogens is 216 g/mol. The summed E-state index contributed by atoms with van der Waals surface area (Å²) in [5.74, 6) is -0.0624. The average molecular weight is 236 g/mol. The van der Waals surface area contributed by atoms with Crippen LogP contribution in [-0.4, -0.2) is 31.7 Å². The number of aliphatic hydroxyl groups is 1. The van der Waals surface area contributed by atoms with Crippen LogP contribution in [0.4, 0.5) is 11.4 Å². The zero-order chi connectivity index (χ0) is 12.8. The minimum absolute atomic E-state index is 0.0459. The van der Waals surface area contributed by atoms with Gasteiger partial charge in [-0.2, -0.15) is 0 Å². The molecule has 94 valence electrons. The molecule has 2 N–H and O–H groups in total. The van der Waals surface area contributed by atoms with Crippen molar-refractivity contribution in [2.45, 2.75) is 19.8 Å². The lowest BCUT2D eigenvalue weighted by molar-refractivity contribution is -0.116. The van der Waals surface area contributed by atoms with Crippen LogP contribution in [0.2, 0.25) is 0 Å². The van der Waals surface area contributed by atoms with E-state index in [4.69, 9.17) is 5.11 Å². The number of anilines is 2. The Bertz CT molecular complexity index is 389. The molecule has 0 heterocycles. The lowest BCUT2D eigenvalue weighted by Gasteiger charge is -2.17. The molecule has 0 saturated carbocycles. The maximum atomic E-state index is 11.5. The highest BCUT2D eigenvalue weighted by Gasteiger charge is 2.05. The van der Waals surface area contributed by atoms with Crippen LogP contribution in [0.25, 0.3) is 0 Å². The quantitative estimate of drug-likeness (QED) is 0.819. The summed E-state index contributed by atoms with van der Waals surface area (Å²) in [6.07, 6.45) is 0.847. The van der Waals surface area contributed by atoms with E-state index >= 15 is 0 Å². The molecule has 0 radical (unpaired) electrons. The second-order valence-corrected chi connectivity index (χ2v) is 4.27. The van der Waals surface area contributed by atoms with Gasteiger partial charge in [-0.25, -0.2) is 0 Å². The third-order valence-electron chi connectivity index (χ3n) is 2.54. The lowest BCUT2D eigenvalue weighted by Crippen LogP contribution is -2.14. The van der Waals surface area contributed by atoms with Crippen molar-refractivity contribution in [2.24, 2.45) is 0 Å². The summed E-state index contributed by atoms with van der Waals surface area (Å²) >= 11 is 0. The number of carbonyl (C=O) groups excluding carboxylic acids is 1. The van der Waals surface area contributed by atoms with Crippen molar-refractivity contribution in [1.29, 1.82) is 0 Å². The predicted molar refractivity (Wildman–Crippen MR) is 70.5 cm³/mol. The Morgan fingerprint density at radius 3 is 2.71 bits per heavy atom. The molecular formula is C13H20N2O2. The minimum Gasteiger partial charge on any atom is -0.396 e. The highest BCUT2D eigenvalue weighted by molar-refractivity contribution is 5.91. The zero-order valence-corrected chi connectivity index (χ0v) is 10.7. The van der Waals surface area contributed by atoms with Gasteiger partial charge in [0.1, 0.15) is 0 Å². The number of hydrogen-bond acceptors (Lipinski definition) is 3. The molecule has 4 heteroatoms. The van der Waals surface area contributed by atoms with Crippen LogP contribution in [0.1, 0.15) is 18.4 Å². The van der Waals surface area contributed by atoms with Gasteiger partial charge in [0.05, 0.1) is 0 Å². The van der Waals surface area contributed by atoms with Gasteiger partial charge in [0.25, 0.3) is 0 Å². The Kier molecular flexibility index (Phi) is 4.97. The van der Waals surface area contributed by atoms with Gasteiger partial charge in [0, 0.05) is 38.5 Å². The number of carbonyl (C=O) groups is 1. The molecule has 1 amide bonds. The predicted octanol–water partition coefficient (Wildman–Crippen LogP) is 1.77. The van der Waals surface area contributed by atoms with Gasteiger partial charge in [0.15, 0.2) is 0 Å². The van der Waals surface area contributed by atoms with Crippen LogP contribution in [0, 0.1) is 6.92 Å². The van der Waals surface area contributed by atoms with Gasteiger partial charge in [-0.1, -0.05) is 6.07 Å². The summed E-state index contributed by atoms with van der Waals surface area (Å²) in [7, 11) is 3.94. The molecule has 4 nitrogen and oxygen atoms in total. The molecule has 0 aliphatic heterocycles. The second-order valence-electron chi connectivity index (χ2n) is 4.27. The fourth-order valence-corrected chi connectivity index (χ4v) is 1.63. The summed E-state index contributed by atoms with van der Waals surface area (Å²) in [5, 5.41) is 11.5. The molecule has 1 aromatic rings. The molecule has 0 atom stereocenters. The fraction of sp³-hybridized carbons (Fsp3) is 0.462. The molecule has 1 rings (SSSR count). The molecule has 0 fully saturated rings. The first-order valence-corrected chi connectivity index (χ1v) is 5.73. The average Bonchev–Trinajstić information content (AvgIpc) is 2.28. The molecule has 1 aromatic carbocycles. The highest BCUT2D eigenvalue weighted by atomic mass is 16.3. The monoisotopic (exact) mass is 236 g/mol. The van der Waals surface area contributed by atoms with Crippen molar-refractivity contribution in [1.82, 2.24) is 0 Å². The third-order valence-corrected chi connectivity index (χ3v) is 2.54. The molecule has 0 unspecified atom stereocenters. The van der Waals surface area contributed by atoms with E-state index in [1.807, 2.05) is 44.1 Å². The first-order valence-electron chi connectivity index (χ1n) is 5.73. The Hall–Kier alpha value is -1.55. The molecule has 0 aliphatic carbocycles. The van der Waals surface area contributed by atoms with Crippen LogP contribution < -0.4 is 10.2 Å². The van der Waals surface area contributed by atoms with Crippen LogP contribution in [-0.2, 0) is 4.79 Å². The van der Waals surface area contributed by atoms with Crippen LogP contribution in [0.15, 0.2) is 18.2 Å². The van der Waals surface area contributed by atoms with E-state index < -0.39 is 0 Å². The third kappa shape index (κ3) is 4.07. The number of amides is 1. The molecule has 0 aromatic heterocycles. The van der Waals surface area contributed by atoms with Crippen molar-refractivity contribution in [3.05, 3.63) is 23.8 Å². The van der Waals surface area contributed by atoms with Gasteiger partial charge in [-0.15, -0.1) is 0 Å². The second kappa shape index (κ2) is 6.25. The van der Waals surface area contributed by atoms with Crippen molar-refractivity contribution in [2.75, 3.05) is 30.9 Å². The van der Waals surface area contributed by atoms with E-state index in [0.717, 1.165) is 11.4 Å². The Morgan fingerprint density at radius 2 is 2.12 bits per heavy atom. The molecule has 17 heavy (non-hydrogen) atoms. The Balaban J connectivity index is 2.72. The number of benzene rings is 1. The normalized spacial score (nSPS) is 10.1. The van der Waals surface area contributed by atoms with E-state index in [1.54, 1.807) is 0 Å². The molecule has 0 spiro atoms. The molecule has 0 aliphatic rings. The van der Waals surface area contributed by atoms with E-state index in [1.165, 1.54) is 5.56 Å². The van der Waals surface area contributed by atoms with E-state index in [0.29, 0.717) is 12.8 Å².